The normalized spacial score (nSPS) is 16.8. The number of fused-ring (bicyclic) bond motifs is 2. The second kappa shape index (κ2) is 10.0. The highest BCUT2D eigenvalue weighted by Crippen LogP contribution is 2.29. The van der Waals surface area contributed by atoms with Crippen molar-refractivity contribution in [3.05, 3.63) is 64.5 Å². The largest absolute Gasteiger partial charge is 0.493 e. The number of hydrogen-bond donors (Lipinski definition) is 1. The van der Waals surface area contributed by atoms with E-state index in [1.807, 2.05) is 0 Å². The Bertz CT molecular complexity index is 1120. The number of likely N-dealkylation sites (tertiary alicyclic amines) is 1. The van der Waals surface area contributed by atoms with Gasteiger partial charge in [0.2, 0.25) is 5.91 Å². The summed E-state index contributed by atoms with van der Waals surface area (Å²) in [7, 11) is 0. The minimum atomic E-state index is -0.0376. The van der Waals surface area contributed by atoms with Gasteiger partial charge in [0, 0.05) is 32.1 Å². The molecular formula is C26H30N2O4. The first-order chi connectivity index (χ1) is 15.5. The summed E-state index contributed by atoms with van der Waals surface area (Å²) in [5.74, 6) is 1.31. The van der Waals surface area contributed by atoms with Crippen LogP contribution in [0.15, 0.2) is 57.7 Å². The lowest BCUT2D eigenvalue weighted by Crippen LogP contribution is -2.50. The van der Waals surface area contributed by atoms with Crippen molar-refractivity contribution in [3.63, 3.8) is 0 Å². The van der Waals surface area contributed by atoms with Gasteiger partial charge in [0.1, 0.15) is 17.1 Å². The molecule has 1 fully saturated rings. The predicted molar refractivity (Wildman–Crippen MR) is 126 cm³/mol. The molecule has 2 aliphatic carbocycles. The molecule has 168 valence electrons. The zero-order valence-electron chi connectivity index (χ0n) is 18.7. The van der Waals surface area contributed by atoms with Crippen LogP contribution in [0.3, 0.4) is 0 Å². The van der Waals surface area contributed by atoms with Crippen LogP contribution in [-0.4, -0.2) is 36.7 Å². The predicted octanol–water partition coefficient (Wildman–Crippen LogP) is 4.49. The van der Waals surface area contributed by atoms with Crippen molar-refractivity contribution in [1.82, 2.24) is 10.2 Å². The maximum absolute atomic E-state index is 11.9. The van der Waals surface area contributed by atoms with E-state index in [0.717, 1.165) is 32.4 Å². The number of carbonyl (C=O) groups is 1. The Morgan fingerprint density at radius 3 is 2.53 bits per heavy atom. The van der Waals surface area contributed by atoms with Crippen molar-refractivity contribution in [3.8, 4) is 16.9 Å². The molecular weight excluding hydrogens is 404 g/mol. The van der Waals surface area contributed by atoms with Gasteiger partial charge in [-0.1, -0.05) is 24.3 Å². The topological polar surface area (TPSA) is 71.8 Å². The molecule has 0 bridgehead atoms. The number of rotatable bonds is 6. The van der Waals surface area contributed by atoms with Crippen molar-refractivity contribution in [2.45, 2.75) is 45.7 Å². The number of nitrogens with zero attached hydrogens (tertiary/aromatic N) is 1. The van der Waals surface area contributed by atoms with Gasteiger partial charge in [-0.05, 0) is 55.9 Å². The first-order valence-electron chi connectivity index (χ1n) is 11.3. The van der Waals surface area contributed by atoms with Gasteiger partial charge in [-0.15, -0.1) is 0 Å². The first kappa shape index (κ1) is 22.1. The molecule has 0 saturated carbocycles. The van der Waals surface area contributed by atoms with Crippen molar-refractivity contribution in [2.24, 2.45) is 0 Å². The van der Waals surface area contributed by atoms with E-state index in [1.165, 1.54) is 23.6 Å². The van der Waals surface area contributed by atoms with E-state index < -0.39 is 0 Å². The third-order valence-electron chi connectivity index (χ3n) is 5.88. The molecule has 0 spiro atoms. The standard InChI is InChI=1S/C20H26N2O4.C6H4/c1-14-12-18(24)17-8-7-16(13-19(17)26-14)25-11-5-10-22-9-4-3-6-20(22)21-15(2)23;1-2-6-4-3-5(1)6/h7-8,12-13,20H,3-6,9-11H2,1-2H3,(H,21,23);1-4H. The van der Waals surface area contributed by atoms with Crippen LogP contribution in [0.1, 0.15) is 38.4 Å². The number of benzene rings is 2. The molecule has 1 aliphatic heterocycles. The molecule has 5 rings (SSSR count). The molecule has 6 nitrogen and oxygen atoms in total. The summed E-state index contributed by atoms with van der Waals surface area (Å²) in [4.78, 5) is 25.6. The van der Waals surface area contributed by atoms with Crippen LogP contribution in [0.2, 0.25) is 0 Å². The van der Waals surface area contributed by atoms with E-state index in [0.29, 0.717) is 29.1 Å². The Morgan fingerprint density at radius 1 is 1.12 bits per heavy atom. The molecule has 32 heavy (non-hydrogen) atoms. The van der Waals surface area contributed by atoms with E-state index in [1.54, 1.807) is 32.0 Å². The Labute approximate surface area is 188 Å². The summed E-state index contributed by atoms with van der Waals surface area (Å²) in [6.07, 6.45) is 4.33. The molecule has 1 aromatic carbocycles. The van der Waals surface area contributed by atoms with Gasteiger partial charge in [-0.3, -0.25) is 14.5 Å². The highest BCUT2D eigenvalue weighted by atomic mass is 16.5. The highest BCUT2D eigenvalue weighted by Gasteiger charge is 2.22. The van der Waals surface area contributed by atoms with Crippen LogP contribution < -0.4 is 15.5 Å². The summed E-state index contributed by atoms with van der Waals surface area (Å²) < 4.78 is 11.4. The number of aryl methyl sites for hydroxylation is 1. The fourth-order valence-electron chi connectivity index (χ4n) is 4.12. The zero-order valence-corrected chi connectivity index (χ0v) is 18.7. The van der Waals surface area contributed by atoms with Gasteiger partial charge in [-0.25, -0.2) is 0 Å². The van der Waals surface area contributed by atoms with Crippen molar-refractivity contribution >= 4 is 16.9 Å². The van der Waals surface area contributed by atoms with Gasteiger partial charge in [-0.2, -0.15) is 0 Å². The first-order valence-corrected chi connectivity index (χ1v) is 11.3. The summed E-state index contributed by atoms with van der Waals surface area (Å²) in [6, 6.07) is 15.3. The minimum absolute atomic E-state index is 0.0195. The molecule has 1 amide bonds. The van der Waals surface area contributed by atoms with Crippen LogP contribution in [-0.2, 0) is 4.79 Å². The van der Waals surface area contributed by atoms with E-state index in [-0.39, 0.29) is 17.5 Å². The van der Waals surface area contributed by atoms with Gasteiger partial charge in [0.25, 0.3) is 0 Å². The molecule has 1 saturated heterocycles. The van der Waals surface area contributed by atoms with Crippen molar-refractivity contribution in [1.29, 1.82) is 0 Å². The summed E-state index contributed by atoms with van der Waals surface area (Å²) >= 11 is 0. The van der Waals surface area contributed by atoms with E-state index in [4.69, 9.17) is 9.15 Å². The average molecular weight is 435 g/mol. The average Bonchev–Trinajstić information content (AvgIpc) is 2.74. The summed E-state index contributed by atoms with van der Waals surface area (Å²) in [5.41, 5.74) is 3.36. The number of carbonyl (C=O) groups excluding carboxylic acids is 1. The lowest BCUT2D eigenvalue weighted by atomic mass is 9.95. The maximum Gasteiger partial charge on any atom is 0.218 e. The van der Waals surface area contributed by atoms with Gasteiger partial charge < -0.3 is 14.5 Å². The minimum Gasteiger partial charge on any atom is -0.493 e. The van der Waals surface area contributed by atoms with E-state index in [2.05, 4.69) is 34.5 Å². The molecule has 6 heteroatoms. The Kier molecular flexibility index (Phi) is 6.90. The lowest BCUT2D eigenvalue weighted by molar-refractivity contribution is -0.121. The molecule has 1 N–H and O–H groups in total. The number of amides is 1. The summed E-state index contributed by atoms with van der Waals surface area (Å²) in [6.45, 7) is 5.79. The molecule has 1 atom stereocenters. The Morgan fingerprint density at radius 2 is 1.88 bits per heavy atom. The van der Waals surface area contributed by atoms with Crippen molar-refractivity contribution in [2.75, 3.05) is 19.7 Å². The molecule has 0 radical (unpaired) electrons. The molecule has 2 aromatic rings. The Balaban J connectivity index is 0.000000346. The third kappa shape index (κ3) is 5.37. The SMILES string of the molecule is CC(=O)NC1CCCCN1CCCOc1ccc2c(=O)cc(C)oc2c1.c1cc2ccc1-2. The van der Waals surface area contributed by atoms with Crippen LogP contribution in [0.25, 0.3) is 22.1 Å². The molecule has 1 aromatic heterocycles. The van der Waals surface area contributed by atoms with Gasteiger partial charge >= 0.3 is 0 Å². The smallest absolute Gasteiger partial charge is 0.218 e. The third-order valence-corrected chi connectivity index (χ3v) is 5.88. The number of piperidine rings is 1. The quantitative estimate of drug-likeness (QED) is 0.453. The van der Waals surface area contributed by atoms with Crippen molar-refractivity contribution < 1.29 is 13.9 Å². The zero-order chi connectivity index (χ0) is 22.5. The van der Waals surface area contributed by atoms with Crippen LogP contribution in [0.4, 0.5) is 0 Å². The van der Waals surface area contributed by atoms with Gasteiger partial charge in [0.15, 0.2) is 5.43 Å². The molecule has 1 unspecified atom stereocenters. The molecule has 3 aliphatic rings. The van der Waals surface area contributed by atoms with E-state index >= 15 is 0 Å². The van der Waals surface area contributed by atoms with Crippen LogP contribution >= 0.6 is 0 Å². The molecule has 2 heterocycles. The Hall–Kier alpha value is -3.12. The summed E-state index contributed by atoms with van der Waals surface area (Å²) in [5, 5.41) is 3.59. The lowest BCUT2D eigenvalue weighted by Gasteiger charge is -2.35. The maximum atomic E-state index is 11.9. The second-order valence-electron chi connectivity index (χ2n) is 8.41. The number of hydrogen-bond acceptors (Lipinski definition) is 5. The van der Waals surface area contributed by atoms with Crippen LogP contribution in [0, 0.1) is 6.92 Å². The number of ether oxygens (including phenoxy) is 1. The second-order valence-corrected chi connectivity index (χ2v) is 8.41. The van der Waals surface area contributed by atoms with Crippen LogP contribution in [0.5, 0.6) is 5.75 Å². The fraction of sp³-hybridized carbons (Fsp3) is 0.385. The van der Waals surface area contributed by atoms with Gasteiger partial charge in [0.05, 0.1) is 18.2 Å². The monoisotopic (exact) mass is 434 g/mol. The fourth-order valence-corrected chi connectivity index (χ4v) is 4.12. The highest BCUT2D eigenvalue weighted by molar-refractivity contribution is 5.78. The van der Waals surface area contributed by atoms with E-state index in [9.17, 15) is 9.59 Å². The number of nitrogens with one attached hydrogen (secondary N) is 1.